The summed E-state index contributed by atoms with van der Waals surface area (Å²) in [6.07, 6.45) is 0. The predicted molar refractivity (Wildman–Crippen MR) is 106 cm³/mol. The Bertz CT molecular complexity index is 978. The van der Waals surface area contributed by atoms with E-state index >= 15 is 0 Å². The van der Waals surface area contributed by atoms with Crippen LogP contribution in [-0.4, -0.2) is 20.4 Å². The topological polar surface area (TPSA) is 76.7 Å². The summed E-state index contributed by atoms with van der Waals surface area (Å²) < 4.78 is 6.63. The van der Waals surface area contributed by atoms with E-state index in [0.717, 1.165) is 20.0 Å². The Balaban J connectivity index is 1.41. The normalized spacial score (nSPS) is 12.2. The molecule has 3 heterocycles. The van der Waals surface area contributed by atoms with Crippen LogP contribution in [0, 0.1) is 6.92 Å². The van der Waals surface area contributed by atoms with Gasteiger partial charge in [-0.1, -0.05) is 46.9 Å². The van der Waals surface area contributed by atoms with Gasteiger partial charge in [0.15, 0.2) is 4.34 Å². The number of nitrogens with zero attached hydrogens (tertiary/aromatic N) is 4. The Labute approximate surface area is 162 Å². The van der Waals surface area contributed by atoms with Gasteiger partial charge in [0.25, 0.3) is 5.89 Å². The van der Waals surface area contributed by atoms with Gasteiger partial charge < -0.3 is 9.73 Å². The van der Waals surface area contributed by atoms with Crippen molar-refractivity contribution in [1.82, 2.24) is 20.4 Å². The van der Waals surface area contributed by atoms with Crippen molar-refractivity contribution in [2.45, 2.75) is 23.4 Å². The van der Waals surface area contributed by atoms with E-state index < -0.39 is 0 Å². The zero-order valence-corrected chi connectivity index (χ0v) is 16.5. The lowest BCUT2D eigenvalue weighted by molar-refractivity contribution is 0.510. The molecule has 0 amide bonds. The second-order valence-corrected chi connectivity index (χ2v) is 9.06. The number of thiophene rings is 1. The first-order valence-electron chi connectivity index (χ1n) is 7.88. The van der Waals surface area contributed by atoms with Gasteiger partial charge in [0, 0.05) is 5.69 Å². The van der Waals surface area contributed by atoms with Crippen LogP contribution in [0.2, 0.25) is 0 Å². The van der Waals surface area contributed by atoms with E-state index in [9.17, 15) is 0 Å². The summed E-state index contributed by atoms with van der Waals surface area (Å²) in [5.74, 6) is 1.14. The zero-order valence-electron chi connectivity index (χ0n) is 14.0. The van der Waals surface area contributed by atoms with Crippen LogP contribution in [0.4, 0.5) is 10.8 Å². The Hall–Kier alpha value is -2.23. The van der Waals surface area contributed by atoms with Crippen molar-refractivity contribution in [3.63, 3.8) is 0 Å². The molecule has 0 aliphatic heterocycles. The molecule has 132 valence electrons. The number of rotatable bonds is 6. The molecule has 0 saturated heterocycles. The molecule has 0 aliphatic rings. The third-order valence-corrected chi connectivity index (χ3v) is 6.38. The van der Waals surface area contributed by atoms with Crippen LogP contribution in [0.5, 0.6) is 0 Å². The van der Waals surface area contributed by atoms with Crippen LogP contribution < -0.4 is 5.32 Å². The molecular formula is C17H15N5OS3. The number of anilines is 2. The van der Waals surface area contributed by atoms with Crippen LogP contribution in [0.3, 0.4) is 0 Å². The molecule has 9 heteroatoms. The number of hydrogen-bond donors (Lipinski definition) is 1. The zero-order chi connectivity index (χ0) is 17.9. The number of aromatic nitrogens is 4. The van der Waals surface area contributed by atoms with Gasteiger partial charge in [-0.15, -0.1) is 31.7 Å². The molecule has 0 saturated carbocycles. The molecular weight excluding hydrogens is 386 g/mol. The lowest BCUT2D eigenvalue weighted by Crippen LogP contribution is -1.89. The molecule has 0 unspecified atom stereocenters. The molecule has 1 N–H and O–H groups in total. The molecule has 4 rings (SSSR count). The fraction of sp³-hybridized carbons (Fsp3) is 0.176. The van der Waals surface area contributed by atoms with Crippen molar-refractivity contribution in [3.8, 4) is 10.8 Å². The highest BCUT2D eigenvalue weighted by molar-refractivity contribution is 8.01. The first-order valence-corrected chi connectivity index (χ1v) is 10.5. The molecule has 3 aromatic heterocycles. The number of nitrogens with one attached hydrogen (secondary N) is 1. The maximum absolute atomic E-state index is 5.78. The molecule has 0 bridgehead atoms. The highest BCUT2D eigenvalue weighted by atomic mass is 32.2. The maximum Gasteiger partial charge on any atom is 0.257 e. The number of thioether (sulfide) groups is 1. The molecule has 1 atom stereocenters. The minimum atomic E-state index is -0.00335. The van der Waals surface area contributed by atoms with E-state index in [4.69, 9.17) is 4.42 Å². The average molecular weight is 402 g/mol. The lowest BCUT2D eigenvalue weighted by Gasteiger charge is -2.02. The fourth-order valence-corrected chi connectivity index (χ4v) is 4.76. The Morgan fingerprint density at radius 1 is 1.08 bits per heavy atom. The standard InChI is InChI=1S/C17H15N5OS3/c1-10-5-7-12(8-6-10)18-16-21-22-17(26-16)25-11(2)14-19-20-15(23-14)13-4-3-9-24-13/h3-9,11H,1-2H3,(H,18,21)/t11-/m1/s1. The van der Waals surface area contributed by atoms with Gasteiger partial charge in [-0.3, -0.25) is 0 Å². The molecule has 0 spiro atoms. The summed E-state index contributed by atoms with van der Waals surface area (Å²) in [4.78, 5) is 0.974. The average Bonchev–Trinajstić information content (AvgIpc) is 3.38. The summed E-state index contributed by atoms with van der Waals surface area (Å²) in [7, 11) is 0. The molecule has 26 heavy (non-hydrogen) atoms. The van der Waals surface area contributed by atoms with Crippen LogP contribution in [0.1, 0.15) is 23.6 Å². The van der Waals surface area contributed by atoms with Gasteiger partial charge in [0.05, 0.1) is 10.1 Å². The summed E-state index contributed by atoms with van der Waals surface area (Å²) in [6, 6.07) is 12.1. The highest BCUT2D eigenvalue weighted by Gasteiger charge is 2.19. The maximum atomic E-state index is 5.78. The quantitative estimate of drug-likeness (QED) is 0.424. The van der Waals surface area contributed by atoms with Crippen LogP contribution in [0.15, 0.2) is 50.5 Å². The SMILES string of the molecule is Cc1ccc(Nc2nnc(S[C@H](C)c3nnc(-c4cccs4)o3)s2)cc1. The molecule has 0 fully saturated rings. The van der Waals surface area contributed by atoms with E-state index in [-0.39, 0.29) is 5.25 Å². The molecule has 1 aromatic carbocycles. The highest BCUT2D eigenvalue weighted by Crippen LogP contribution is 2.38. The third-order valence-electron chi connectivity index (χ3n) is 3.51. The number of benzene rings is 1. The van der Waals surface area contributed by atoms with Gasteiger partial charge >= 0.3 is 0 Å². The van der Waals surface area contributed by atoms with Crippen molar-refractivity contribution < 1.29 is 4.42 Å². The third kappa shape index (κ3) is 3.95. The minimum Gasteiger partial charge on any atom is -0.419 e. The van der Waals surface area contributed by atoms with Crippen LogP contribution in [-0.2, 0) is 0 Å². The first-order chi connectivity index (χ1) is 12.7. The van der Waals surface area contributed by atoms with Crippen molar-refractivity contribution in [1.29, 1.82) is 0 Å². The molecule has 0 aliphatic carbocycles. The number of hydrogen-bond acceptors (Lipinski definition) is 9. The van der Waals surface area contributed by atoms with Crippen LogP contribution >= 0.6 is 34.4 Å². The molecule has 6 nitrogen and oxygen atoms in total. The first kappa shape index (κ1) is 17.2. The van der Waals surface area contributed by atoms with Crippen molar-refractivity contribution in [2.24, 2.45) is 0 Å². The smallest absolute Gasteiger partial charge is 0.257 e. The summed E-state index contributed by atoms with van der Waals surface area (Å²) in [5, 5.41) is 22.7. The number of aryl methyl sites for hydroxylation is 1. The Morgan fingerprint density at radius 2 is 1.92 bits per heavy atom. The van der Waals surface area contributed by atoms with E-state index in [0.29, 0.717) is 11.8 Å². The Morgan fingerprint density at radius 3 is 2.69 bits per heavy atom. The van der Waals surface area contributed by atoms with Crippen molar-refractivity contribution in [2.75, 3.05) is 5.32 Å². The molecule has 4 aromatic rings. The van der Waals surface area contributed by atoms with Gasteiger partial charge in [-0.05, 0) is 37.4 Å². The Kier molecular flexibility index (Phi) is 5.00. The van der Waals surface area contributed by atoms with Crippen molar-refractivity contribution in [3.05, 3.63) is 53.2 Å². The van der Waals surface area contributed by atoms with E-state index in [1.54, 1.807) is 23.1 Å². The second-order valence-electron chi connectivity index (χ2n) is 5.55. The van der Waals surface area contributed by atoms with E-state index in [1.165, 1.54) is 16.9 Å². The van der Waals surface area contributed by atoms with Gasteiger partial charge in [-0.2, -0.15) is 0 Å². The van der Waals surface area contributed by atoms with Gasteiger partial charge in [0.1, 0.15) is 0 Å². The van der Waals surface area contributed by atoms with E-state index in [1.807, 2.05) is 36.6 Å². The second kappa shape index (κ2) is 7.56. The predicted octanol–water partition coefficient (Wildman–Crippen LogP) is 5.55. The summed E-state index contributed by atoms with van der Waals surface area (Å²) >= 11 is 4.63. The van der Waals surface area contributed by atoms with Gasteiger partial charge in [0.2, 0.25) is 11.0 Å². The summed E-state index contributed by atoms with van der Waals surface area (Å²) in [6.45, 7) is 4.08. The fourth-order valence-electron chi connectivity index (χ4n) is 2.17. The summed E-state index contributed by atoms with van der Waals surface area (Å²) in [5.41, 5.74) is 2.22. The van der Waals surface area contributed by atoms with Crippen molar-refractivity contribution >= 4 is 45.3 Å². The largest absolute Gasteiger partial charge is 0.419 e. The lowest BCUT2D eigenvalue weighted by atomic mass is 10.2. The minimum absolute atomic E-state index is 0.00335. The monoisotopic (exact) mass is 401 g/mol. The van der Waals surface area contributed by atoms with Gasteiger partial charge in [-0.25, -0.2) is 0 Å². The van der Waals surface area contributed by atoms with Crippen LogP contribution in [0.25, 0.3) is 10.8 Å². The van der Waals surface area contributed by atoms with E-state index in [2.05, 4.69) is 44.8 Å². The molecule has 0 radical (unpaired) electrons.